The van der Waals surface area contributed by atoms with Gasteiger partial charge in [0.2, 0.25) is 0 Å². The molecular formula is C13H24N2O4. The lowest BCUT2D eigenvalue weighted by molar-refractivity contribution is -0.141. The number of hydrogen-bond acceptors (Lipinski definition) is 3. The topological polar surface area (TPSA) is 89.9 Å². The first-order valence-corrected chi connectivity index (χ1v) is 6.98. The molecule has 0 spiro atoms. The molecule has 1 fully saturated rings. The molecule has 0 aliphatic carbocycles. The summed E-state index contributed by atoms with van der Waals surface area (Å²) in [6.45, 7) is 2.51. The summed E-state index contributed by atoms with van der Waals surface area (Å²) < 4.78 is 0. The van der Waals surface area contributed by atoms with Crippen LogP contribution in [0.15, 0.2) is 0 Å². The third kappa shape index (κ3) is 4.70. The van der Waals surface area contributed by atoms with Crippen LogP contribution in [0.4, 0.5) is 4.79 Å². The lowest BCUT2D eigenvalue weighted by Crippen LogP contribution is -2.48. The van der Waals surface area contributed by atoms with E-state index in [2.05, 4.69) is 5.32 Å². The largest absolute Gasteiger partial charge is 0.481 e. The molecule has 2 amide bonds. The molecule has 1 heterocycles. The number of carboxylic acids is 1. The van der Waals surface area contributed by atoms with Crippen molar-refractivity contribution in [3.05, 3.63) is 0 Å². The van der Waals surface area contributed by atoms with Gasteiger partial charge in [-0.15, -0.1) is 0 Å². The van der Waals surface area contributed by atoms with Gasteiger partial charge in [-0.05, 0) is 19.3 Å². The quantitative estimate of drug-likeness (QED) is 0.697. The summed E-state index contributed by atoms with van der Waals surface area (Å²) in [7, 11) is 0. The number of aliphatic carboxylic acids is 1. The maximum Gasteiger partial charge on any atom is 0.317 e. The number of rotatable bonds is 5. The molecule has 3 N–H and O–H groups in total. The summed E-state index contributed by atoms with van der Waals surface area (Å²) in [6, 6.07) is -0.409. The van der Waals surface area contributed by atoms with Crippen molar-refractivity contribution in [3.63, 3.8) is 0 Å². The molecule has 0 aromatic carbocycles. The molecule has 0 saturated carbocycles. The van der Waals surface area contributed by atoms with Crippen LogP contribution in [0.5, 0.6) is 0 Å². The molecule has 0 aromatic rings. The molecule has 110 valence electrons. The van der Waals surface area contributed by atoms with Crippen molar-refractivity contribution in [2.75, 3.05) is 19.7 Å². The highest BCUT2D eigenvalue weighted by molar-refractivity contribution is 5.76. The summed E-state index contributed by atoms with van der Waals surface area (Å²) >= 11 is 0. The number of nitrogens with zero attached hydrogens (tertiary/aromatic N) is 1. The first-order valence-electron chi connectivity index (χ1n) is 6.98. The van der Waals surface area contributed by atoms with Gasteiger partial charge in [0.1, 0.15) is 0 Å². The zero-order valence-electron chi connectivity index (χ0n) is 11.5. The van der Waals surface area contributed by atoms with E-state index in [0.717, 1.165) is 25.7 Å². The van der Waals surface area contributed by atoms with Crippen molar-refractivity contribution in [1.82, 2.24) is 10.2 Å². The Morgan fingerprint density at radius 1 is 1.37 bits per heavy atom. The monoisotopic (exact) mass is 272 g/mol. The average Bonchev–Trinajstić information content (AvgIpc) is 2.63. The Hall–Kier alpha value is -1.30. The Balaban J connectivity index is 2.52. The van der Waals surface area contributed by atoms with Gasteiger partial charge in [0.25, 0.3) is 0 Å². The van der Waals surface area contributed by atoms with E-state index in [0.29, 0.717) is 13.0 Å². The van der Waals surface area contributed by atoms with Crippen molar-refractivity contribution in [3.8, 4) is 0 Å². The minimum atomic E-state index is -0.891. The summed E-state index contributed by atoms with van der Waals surface area (Å²) in [5.74, 6) is -1.44. The molecule has 6 heteroatoms. The second-order valence-electron chi connectivity index (χ2n) is 5.01. The smallest absolute Gasteiger partial charge is 0.317 e. The molecule has 0 radical (unpaired) electrons. The third-order valence-corrected chi connectivity index (χ3v) is 3.69. The van der Waals surface area contributed by atoms with E-state index in [-0.39, 0.29) is 25.2 Å². The van der Waals surface area contributed by atoms with Gasteiger partial charge in [0.05, 0.1) is 18.6 Å². The Labute approximate surface area is 113 Å². The maximum absolute atomic E-state index is 12.1. The van der Waals surface area contributed by atoms with E-state index in [4.69, 9.17) is 5.11 Å². The fourth-order valence-corrected chi connectivity index (χ4v) is 2.35. The van der Waals surface area contributed by atoms with Crippen LogP contribution in [0.3, 0.4) is 0 Å². The number of aliphatic hydroxyl groups excluding tert-OH is 1. The highest BCUT2D eigenvalue weighted by atomic mass is 16.4. The molecule has 1 aliphatic heterocycles. The summed E-state index contributed by atoms with van der Waals surface area (Å²) in [4.78, 5) is 24.6. The Kier molecular flexibility index (Phi) is 6.62. The van der Waals surface area contributed by atoms with E-state index < -0.39 is 11.9 Å². The number of nitrogens with one attached hydrogen (secondary N) is 1. The number of urea groups is 1. The lowest BCUT2D eigenvalue weighted by Gasteiger charge is -2.29. The molecule has 1 saturated heterocycles. The zero-order valence-corrected chi connectivity index (χ0v) is 11.5. The van der Waals surface area contributed by atoms with Crippen LogP contribution in [-0.2, 0) is 4.79 Å². The van der Waals surface area contributed by atoms with Crippen molar-refractivity contribution < 1.29 is 19.8 Å². The van der Waals surface area contributed by atoms with E-state index >= 15 is 0 Å². The van der Waals surface area contributed by atoms with Gasteiger partial charge in [-0.3, -0.25) is 4.79 Å². The normalized spacial score (nSPS) is 21.6. The fourth-order valence-electron chi connectivity index (χ4n) is 2.35. The van der Waals surface area contributed by atoms with Crippen LogP contribution in [0.25, 0.3) is 0 Å². The molecule has 1 rings (SSSR count). The maximum atomic E-state index is 12.1. The van der Waals surface area contributed by atoms with Crippen molar-refractivity contribution in [2.45, 2.75) is 45.1 Å². The van der Waals surface area contributed by atoms with Crippen LogP contribution in [0.2, 0.25) is 0 Å². The van der Waals surface area contributed by atoms with Gasteiger partial charge in [-0.1, -0.05) is 19.8 Å². The molecule has 6 nitrogen and oxygen atoms in total. The summed E-state index contributed by atoms with van der Waals surface area (Å²) in [6.07, 6.45) is 4.30. The van der Waals surface area contributed by atoms with Gasteiger partial charge >= 0.3 is 12.0 Å². The van der Waals surface area contributed by atoms with Gasteiger partial charge in [-0.2, -0.15) is 0 Å². The van der Waals surface area contributed by atoms with Crippen LogP contribution in [-0.4, -0.2) is 52.9 Å². The van der Waals surface area contributed by atoms with Gasteiger partial charge < -0.3 is 20.4 Å². The number of hydrogen-bond donors (Lipinski definition) is 3. The van der Waals surface area contributed by atoms with Crippen molar-refractivity contribution in [1.29, 1.82) is 0 Å². The summed E-state index contributed by atoms with van der Waals surface area (Å²) in [5, 5.41) is 20.9. The van der Waals surface area contributed by atoms with E-state index in [9.17, 15) is 14.7 Å². The SMILES string of the molecule is CCC(CNC(=O)N1CCCCCC1CO)C(=O)O. The number of amides is 2. The number of aliphatic hydroxyl groups is 1. The summed E-state index contributed by atoms with van der Waals surface area (Å²) in [5.41, 5.74) is 0. The van der Waals surface area contributed by atoms with E-state index in [1.54, 1.807) is 11.8 Å². The number of carbonyl (C=O) groups excluding carboxylic acids is 1. The lowest BCUT2D eigenvalue weighted by atomic mass is 10.1. The number of carbonyl (C=O) groups is 2. The highest BCUT2D eigenvalue weighted by Gasteiger charge is 2.25. The Morgan fingerprint density at radius 3 is 2.68 bits per heavy atom. The molecular weight excluding hydrogens is 248 g/mol. The Morgan fingerprint density at radius 2 is 2.11 bits per heavy atom. The van der Waals surface area contributed by atoms with Crippen molar-refractivity contribution >= 4 is 12.0 Å². The molecule has 0 bridgehead atoms. The van der Waals surface area contributed by atoms with Crippen LogP contribution in [0, 0.1) is 5.92 Å². The predicted molar refractivity (Wildman–Crippen MR) is 70.9 cm³/mol. The first-order chi connectivity index (χ1) is 9.10. The number of carboxylic acid groups (broad SMARTS) is 1. The second-order valence-corrected chi connectivity index (χ2v) is 5.01. The zero-order chi connectivity index (χ0) is 14.3. The second kappa shape index (κ2) is 7.99. The van der Waals surface area contributed by atoms with Crippen molar-refractivity contribution in [2.24, 2.45) is 5.92 Å². The standard InChI is InChI=1S/C13H24N2O4/c1-2-10(12(17)18)8-14-13(19)15-7-5-3-4-6-11(15)9-16/h10-11,16H,2-9H2,1H3,(H,14,19)(H,17,18). The molecule has 1 aliphatic rings. The van der Waals surface area contributed by atoms with Gasteiger partial charge in [-0.25, -0.2) is 4.79 Å². The third-order valence-electron chi connectivity index (χ3n) is 3.69. The predicted octanol–water partition coefficient (Wildman–Crippen LogP) is 1.04. The fraction of sp³-hybridized carbons (Fsp3) is 0.846. The average molecular weight is 272 g/mol. The van der Waals surface area contributed by atoms with E-state index in [1.165, 1.54) is 0 Å². The molecule has 2 unspecified atom stereocenters. The minimum absolute atomic E-state index is 0.0381. The van der Waals surface area contributed by atoms with Gasteiger partial charge in [0, 0.05) is 13.1 Å². The molecule has 2 atom stereocenters. The van der Waals surface area contributed by atoms with Crippen LogP contribution >= 0.6 is 0 Å². The molecule has 0 aromatic heterocycles. The van der Waals surface area contributed by atoms with Crippen LogP contribution in [0.1, 0.15) is 39.0 Å². The highest BCUT2D eigenvalue weighted by Crippen LogP contribution is 2.16. The minimum Gasteiger partial charge on any atom is -0.481 e. The number of likely N-dealkylation sites (tertiary alicyclic amines) is 1. The Bertz CT molecular complexity index is 309. The van der Waals surface area contributed by atoms with Gasteiger partial charge in [0.15, 0.2) is 0 Å². The molecule has 19 heavy (non-hydrogen) atoms. The first kappa shape index (κ1) is 15.8. The van der Waals surface area contributed by atoms with E-state index in [1.807, 2.05) is 0 Å². The van der Waals surface area contributed by atoms with Crippen LogP contribution < -0.4 is 5.32 Å².